The van der Waals surface area contributed by atoms with Gasteiger partial charge in [-0.2, -0.15) is 0 Å². The van der Waals surface area contributed by atoms with E-state index in [-0.39, 0.29) is 0 Å². The van der Waals surface area contributed by atoms with Crippen LogP contribution in [0, 0.1) is 0 Å². The van der Waals surface area contributed by atoms with Crippen LogP contribution >= 0.6 is 0 Å². The molecule has 0 saturated carbocycles. The molecule has 0 unspecified atom stereocenters. The normalized spacial score (nSPS) is 11.4. The van der Waals surface area contributed by atoms with E-state index >= 15 is 0 Å². The number of hydrogen-bond acceptors (Lipinski definition) is 1. The van der Waals surface area contributed by atoms with Crippen molar-refractivity contribution in [2.45, 2.75) is 78.4 Å². The molecule has 2 heteroatoms. The van der Waals surface area contributed by atoms with E-state index in [4.69, 9.17) is 0 Å². The van der Waals surface area contributed by atoms with Gasteiger partial charge in [0.2, 0.25) is 0 Å². The molecule has 0 aliphatic carbocycles. The van der Waals surface area contributed by atoms with Gasteiger partial charge in [-0.1, -0.05) is 70.2 Å². The molecule has 0 bridgehead atoms. The van der Waals surface area contributed by atoms with Crippen molar-refractivity contribution in [3.63, 3.8) is 0 Å². The topological polar surface area (TPSA) is 17.1 Å². The maximum absolute atomic E-state index is 12.0. The molecule has 100 valence electrons. The highest BCUT2D eigenvalue weighted by atomic mass is 28.3. The summed E-state index contributed by atoms with van der Waals surface area (Å²) in [5, 5.41) is 0.422. The Morgan fingerprint density at radius 1 is 1.00 bits per heavy atom. The fourth-order valence-electron chi connectivity index (χ4n) is 1.93. The first kappa shape index (κ1) is 16.6. The molecule has 0 aliphatic rings. The number of hydrogen-bond donors (Lipinski definition) is 0. The van der Waals surface area contributed by atoms with E-state index in [1.807, 2.05) is 19.9 Å². The molecule has 0 radical (unpaired) electrons. The molecular weight excluding hydrogens is 224 g/mol. The maximum atomic E-state index is 12.0. The van der Waals surface area contributed by atoms with Gasteiger partial charge in [0.1, 0.15) is 13.5 Å². The van der Waals surface area contributed by atoms with Crippen LogP contribution in [0.2, 0.25) is 19.1 Å². The van der Waals surface area contributed by atoms with E-state index in [1.165, 1.54) is 38.5 Å². The average molecular weight is 254 g/mol. The van der Waals surface area contributed by atoms with Crippen molar-refractivity contribution in [1.29, 1.82) is 0 Å². The average Bonchev–Trinajstić information content (AvgIpc) is 2.22. The summed E-state index contributed by atoms with van der Waals surface area (Å²) in [5.41, 5.74) is 1.14. The standard InChI is InChI=1S/C15H30OSi/c1-6-7-8-9-10-11-12-17(4,5)15(16)13-14(2)3/h13H,6-12H2,1-5H3. The van der Waals surface area contributed by atoms with Gasteiger partial charge in [0.15, 0.2) is 0 Å². The van der Waals surface area contributed by atoms with Gasteiger partial charge in [-0.3, -0.25) is 0 Å². The SMILES string of the molecule is CCCCCCCC[Si](C)(C)C(=O)C=C(C)C. The molecule has 1 nitrogen and oxygen atoms in total. The number of unbranched alkanes of at least 4 members (excludes halogenated alkanes) is 5. The maximum Gasteiger partial charge on any atom is 0.133 e. The fraction of sp³-hybridized carbons (Fsp3) is 0.800. The van der Waals surface area contributed by atoms with Crippen LogP contribution in [-0.2, 0) is 4.79 Å². The minimum atomic E-state index is -1.65. The summed E-state index contributed by atoms with van der Waals surface area (Å²) in [6, 6.07) is 1.15. The minimum Gasteiger partial charge on any atom is -0.301 e. The molecule has 0 saturated heterocycles. The smallest absolute Gasteiger partial charge is 0.133 e. The molecule has 0 fully saturated rings. The highest BCUT2D eigenvalue weighted by molar-refractivity contribution is 7.05. The third-order valence-electron chi connectivity index (χ3n) is 3.24. The molecule has 0 spiro atoms. The second-order valence-corrected chi connectivity index (χ2v) is 10.7. The van der Waals surface area contributed by atoms with Crippen LogP contribution in [-0.4, -0.2) is 13.5 Å². The van der Waals surface area contributed by atoms with Crippen molar-refractivity contribution < 1.29 is 4.79 Å². The van der Waals surface area contributed by atoms with Gasteiger partial charge in [-0.25, -0.2) is 0 Å². The van der Waals surface area contributed by atoms with Gasteiger partial charge in [0.25, 0.3) is 0 Å². The van der Waals surface area contributed by atoms with Gasteiger partial charge in [0, 0.05) is 0 Å². The van der Waals surface area contributed by atoms with E-state index in [0.29, 0.717) is 5.41 Å². The van der Waals surface area contributed by atoms with Crippen LogP contribution < -0.4 is 0 Å². The first-order valence-corrected chi connectivity index (χ1v) is 10.3. The second kappa shape index (κ2) is 8.68. The Hall–Kier alpha value is -0.373. The lowest BCUT2D eigenvalue weighted by molar-refractivity contribution is -0.108. The predicted octanol–water partition coefficient (Wildman–Crippen LogP) is 5.13. The molecule has 0 aromatic rings. The zero-order chi connectivity index (χ0) is 13.3. The van der Waals surface area contributed by atoms with Gasteiger partial charge in [0.05, 0.1) is 0 Å². The van der Waals surface area contributed by atoms with E-state index < -0.39 is 8.07 Å². The number of allylic oxidation sites excluding steroid dienone is 2. The van der Waals surface area contributed by atoms with Crippen molar-refractivity contribution in [1.82, 2.24) is 0 Å². The van der Waals surface area contributed by atoms with Crippen LogP contribution in [0.1, 0.15) is 59.3 Å². The Morgan fingerprint density at radius 2 is 1.53 bits per heavy atom. The third kappa shape index (κ3) is 8.36. The van der Waals surface area contributed by atoms with E-state index in [9.17, 15) is 4.79 Å². The zero-order valence-electron chi connectivity index (χ0n) is 12.4. The summed E-state index contributed by atoms with van der Waals surface area (Å²) < 4.78 is 0. The summed E-state index contributed by atoms with van der Waals surface area (Å²) in [6.07, 6.45) is 9.76. The van der Waals surface area contributed by atoms with Gasteiger partial charge >= 0.3 is 0 Å². The monoisotopic (exact) mass is 254 g/mol. The van der Waals surface area contributed by atoms with Crippen LogP contribution in [0.15, 0.2) is 11.6 Å². The summed E-state index contributed by atoms with van der Waals surface area (Å²) in [4.78, 5) is 12.0. The molecular formula is C15H30OSi. The molecule has 0 aliphatic heterocycles. The first-order valence-electron chi connectivity index (χ1n) is 7.09. The number of rotatable bonds is 9. The lowest BCUT2D eigenvalue weighted by atomic mass is 10.1. The second-order valence-electron chi connectivity index (χ2n) is 5.99. The van der Waals surface area contributed by atoms with Gasteiger partial charge < -0.3 is 4.79 Å². The van der Waals surface area contributed by atoms with Crippen LogP contribution in [0.25, 0.3) is 0 Å². The number of carbonyl (C=O) groups is 1. The Bertz CT molecular complexity index is 250. The highest BCUT2D eigenvalue weighted by Gasteiger charge is 2.27. The third-order valence-corrected chi connectivity index (χ3v) is 6.32. The molecule has 0 atom stereocenters. The Morgan fingerprint density at radius 3 is 2.06 bits per heavy atom. The molecule has 0 aromatic carbocycles. The molecule has 17 heavy (non-hydrogen) atoms. The van der Waals surface area contributed by atoms with Crippen LogP contribution in [0.3, 0.4) is 0 Å². The summed E-state index contributed by atoms with van der Waals surface area (Å²) >= 11 is 0. The molecule has 0 rings (SSSR count). The highest BCUT2D eigenvalue weighted by Crippen LogP contribution is 2.18. The summed E-state index contributed by atoms with van der Waals surface area (Å²) in [7, 11) is -1.65. The van der Waals surface area contributed by atoms with Gasteiger partial charge in [-0.15, -0.1) is 0 Å². The van der Waals surface area contributed by atoms with Crippen molar-refractivity contribution >= 4 is 13.5 Å². The van der Waals surface area contributed by atoms with E-state index in [0.717, 1.165) is 11.6 Å². The summed E-state index contributed by atoms with van der Waals surface area (Å²) in [6.45, 7) is 10.7. The zero-order valence-corrected chi connectivity index (χ0v) is 13.4. The molecule has 0 heterocycles. The minimum absolute atomic E-state index is 0.422. The van der Waals surface area contributed by atoms with Crippen molar-refractivity contribution in [3.05, 3.63) is 11.6 Å². The molecule has 0 N–H and O–H groups in total. The van der Waals surface area contributed by atoms with Crippen molar-refractivity contribution in [2.75, 3.05) is 0 Å². The Balaban J connectivity index is 3.85. The summed E-state index contributed by atoms with van der Waals surface area (Å²) in [5.74, 6) is 0. The van der Waals surface area contributed by atoms with Gasteiger partial charge in [-0.05, 0) is 19.9 Å². The van der Waals surface area contributed by atoms with Crippen LogP contribution in [0.4, 0.5) is 0 Å². The van der Waals surface area contributed by atoms with E-state index in [1.54, 1.807) is 0 Å². The largest absolute Gasteiger partial charge is 0.301 e. The first-order chi connectivity index (χ1) is 7.90. The molecule has 0 amide bonds. The lowest BCUT2D eigenvalue weighted by Crippen LogP contribution is -2.35. The number of carbonyl (C=O) groups excluding carboxylic acids is 1. The quantitative estimate of drug-likeness (QED) is 0.317. The Kier molecular flexibility index (Phi) is 8.49. The van der Waals surface area contributed by atoms with Crippen LogP contribution in [0.5, 0.6) is 0 Å². The van der Waals surface area contributed by atoms with Crippen molar-refractivity contribution in [2.24, 2.45) is 0 Å². The Labute approximate surface area is 109 Å². The lowest BCUT2D eigenvalue weighted by Gasteiger charge is -2.18. The van der Waals surface area contributed by atoms with E-state index in [2.05, 4.69) is 20.0 Å². The van der Waals surface area contributed by atoms with Crippen molar-refractivity contribution in [3.8, 4) is 0 Å². The fourth-order valence-corrected chi connectivity index (χ4v) is 3.99. The molecule has 0 aromatic heterocycles. The predicted molar refractivity (Wildman–Crippen MR) is 80.1 cm³/mol.